The molecule has 2 unspecified atom stereocenters. The summed E-state index contributed by atoms with van der Waals surface area (Å²) in [4.78, 5) is 2.19. The molecule has 0 amide bonds. The Morgan fingerprint density at radius 3 is 2.65 bits per heavy atom. The average Bonchev–Trinajstić information content (AvgIpc) is 2.76. The van der Waals surface area contributed by atoms with E-state index in [1.54, 1.807) is 7.11 Å². The number of aliphatic hydroxyl groups is 1. The maximum absolute atomic E-state index is 9.70. The minimum absolute atomic E-state index is 0.125. The van der Waals surface area contributed by atoms with Gasteiger partial charge in [0.15, 0.2) is 0 Å². The number of methoxy groups -OCH3 is 1. The number of hydrogen-bond acceptors (Lipinski definition) is 4. The molecule has 2 aromatic rings. The van der Waals surface area contributed by atoms with Gasteiger partial charge in [0.1, 0.15) is 5.75 Å². The molecule has 1 aliphatic heterocycles. The number of rotatable bonds is 3. The Morgan fingerprint density at radius 2 is 1.95 bits per heavy atom. The largest absolute Gasteiger partial charge is 0.497 e. The fraction of sp³-hybridized carbons (Fsp3) is 0.375. The lowest BCUT2D eigenvalue weighted by molar-refractivity contribution is 0.164. The lowest BCUT2D eigenvalue weighted by Crippen LogP contribution is -2.32. The van der Waals surface area contributed by atoms with E-state index < -0.39 is 6.10 Å². The molecule has 3 rings (SSSR count). The van der Waals surface area contributed by atoms with Gasteiger partial charge < -0.3 is 15.6 Å². The summed E-state index contributed by atoms with van der Waals surface area (Å²) in [5.74, 6) is 0.874. The fourth-order valence-corrected chi connectivity index (χ4v) is 2.78. The fourth-order valence-electron chi connectivity index (χ4n) is 2.78. The molecular weight excluding hydrogens is 252 g/mol. The summed E-state index contributed by atoms with van der Waals surface area (Å²) in [6, 6.07) is 12.4. The number of benzene rings is 2. The van der Waals surface area contributed by atoms with Crippen molar-refractivity contribution in [1.29, 1.82) is 0 Å². The monoisotopic (exact) mass is 272 g/mol. The summed E-state index contributed by atoms with van der Waals surface area (Å²) in [7, 11) is 1.68. The Labute approximate surface area is 118 Å². The molecule has 2 atom stereocenters. The summed E-state index contributed by atoms with van der Waals surface area (Å²) < 4.78 is 5.23. The van der Waals surface area contributed by atoms with Crippen LogP contribution in [0.2, 0.25) is 0 Å². The highest BCUT2D eigenvalue weighted by Crippen LogP contribution is 2.23. The van der Waals surface area contributed by atoms with Gasteiger partial charge in [-0.15, -0.1) is 0 Å². The number of hydrogen-bond donors (Lipinski definition) is 2. The molecule has 4 nitrogen and oxygen atoms in total. The first-order valence-corrected chi connectivity index (χ1v) is 6.88. The van der Waals surface area contributed by atoms with Crippen LogP contribution in [0, 0.1) is 0 Å². The highest BCUT2D eigenvalue weighted by molar-refractivity contribution is 5.84. The third kappa shape index (κ3) is 2.63. The van der Waals surface area contributed by atoms with Crippen molar-refractivity contribution in [2.24, 2.45) is 5.73 Å². The molecule has 0 radical (unpaired) electrons. The van der Waals surface area contributed by atoms with Gasteiger partial charge in [0.2, 0.25) is 0 Å². The van der Waals surface area contributed by atoms with E-state index in [4.69, 9.17) is 10.5 Å². The van der Waals surface area contributed by atoms with Crippen molar-refractivity contribution < 1.29 is 9.84 Å². The van der Waals surface area contributed by atoms with Crippen LogP contribution in [0.5, 0.6) is 5.75 Å². The van der Waals surface area contributed by atoms with Crippen LogP contribution < -0.4 is 10.5 Å². The van der Waals surface area contributed by atoms with E-state index in [1.807, 2.05) is 12.1 Å². The van der Waals surface area contributed by atoms with E-state index in [2.05, 4.69) is 29.2 Å². The van der Waals surface area contributed by atoms with Crippen LogP contribution in [0.25, 0.3) is 10.8 Å². The standard InChI is InChI=1S/C16H20N2O2/c1-20-14-5-4-12-6-11(2-3-13(12)7-14)8-18-9-15(17)16(19)10-18/h2-7,15-16,19H,8-10,17H2,1H3. The molecule has 1 aliphatic rings. The molecule has 1 heterocycles. The number of fused-ring (bicyclic) bond motifs is 1. The minimum atomic E-state index is -0.403. The van der Waals surface area contributed by atoms with Crippen LogP contribution in [0.15, 0.2) is 36.4 Å². The number of likely N-dealkylation sites (tertiary alicyclic amines) is 1. The summed E-state index contributed by atoms with van der Waals surface area (Å²) in [5.41, 5.74) is 7.08. The second-order valence-corrected chi connectivity index (χ2v) is 5.47. The topological polar surface area (TPSA) is 58.7 Å². The van der Waals surface area contributed by atoms with Crippen LogP contribution in [-0.4, -0.2) is 42.4 Å². The third-order valence-corrected chi connectivity index (χ3v) is 3.93. The molecule has 1 saturated heterocycles. The maximum Gasteiger partial charge on any atom is 0.119 e. The Morgan fingerprint density at radius 1 is 1.20 bits per heavy atom. The third-order valence-electron chi connectivity index (χ3n) is 3.93. The zero-order chi connectivity index (χ0) is 14.1. The van der Waals surface area contributed by atoms with Crippen molar-refractivity contribution in [2.45, 2.75) is 18.7 Å². The van der Waals surface area contributed by atoms with Gasteiger partial charge >= 0.3 is 0 Å². The lowest BCUT2D eigenvalue weighted by atomic mass is 10.1. The van der Waals surface area contributed by atoms with Crippen LogP contribution in [0.1, 0.15) is 5.56 Å². The zero-order valence-electron chi connectivity index (χ0n) is 11.6. The lowest BCUT2D eigenvalue weighted by Gasteiger charge is -2.15. The molecule has 0 aromatic heterocycles. The Bertz CT molecular complexity index is 604. The first-order chi connectivity index (χ1) is 9.65. The quantitative estimate of drug-likeness (QED) is 0.885. The zero-order valence-corrected chi connectivity index (χ0v) is 11.6. The summed E-state index contributed by atoms with van der Waals surface area (Å²) in [6.07, 6.45) is -0.403. The second-order valence-electron chi connectivity index (χ2n) is 5.47. The number of nitrogens with two attached hydrogens (primary N) is 1. The van der Waals surface area contributed by atoms with E-state index in [-0.39, 0.29) is 6.04 Å². The molecule has 0 saturated carbocycles. The van der Waals surface area contributed by atoms with Crippen LogP contribution in [0.3, 0.4) is 0 Å². The van der Waals surface area contributed by atoms with Crippen molar-refractivity contribution in [3.05, 3.63) is 42.0 Å². The van der Waals surface area contributed by atoms with Gasteiger partial charge in [-0.3, -0.25) is 4.90 Å². The molecule has 0 spiro atoms. The predicted octanol–water partition coefficient (Wildman–Crippen LogP) is 1.35. The smallest absolute Gasteiger partial charge is 0.119 e. The van der Waals surface area contributed by atoms with Gasteiger partial charge in [-0.1, -0.05) is 18.2 Å². The molecule has 2 aromatic carbocycles. The van der Waals surface area contributed by atoms with Crippen molar-refractivity contribution >= 4 is 10.8 Å². The average molecular weight is 272 g/mol. The van der Waals surface area contributed by atoms with Crippen LogP contribution in [0.4, 0.5) is 0 Å². The molecule has 0 bridgehead atoms. The van der Waals surface area contributed by atoms with Crippen molar-refractivity contribution in [3.63, 3.8) is 0 Å². The maximum atomic E-state index is 9.70. The Kier molecular flexibility index (Phi) is 3.61. The van der Waals surface area contributed by atoms with Crippen molar-refractivity contribution in [1.82, 2.24) is 4.90 Å². The van der Waals surface area contributed by atoms with E-state index in [1.165, 1.54) is 16.3 Å². The van der Waals surface area contributed by atoms with E-state index in [9.17, 15) is 5.11 Å². The molecule has 1 fully saturated rings. The van der Waals surface area contributed by atoms with E-state index in [0.717, 1.165) is 18.8 Å². The number of aliphatic hydroxyl groups excluding tert-OH is 1. The van der Waals surface area contributed by atoms with E-state index >= 15 is 0 Å². The first-order valence-electron chi connectivity index (χ1n) is 6.88. The Balaban J connectivity index is 1.79. The highest BCUT2D eigenvalue weighted by Gasteiger charge is 2.27. The van der Waals surface area contributed by atoms with Gasteiger partial charge in [-0.25, -0.2) is 0 Å². The van der Waals surface area contributed by atoms with Gasteiger partial charge in [0.25, 0.3) is 0 Å². The molecule has 20 heavy (non-hydrogen) atoms. The van der Waals surface area contributed by atoms with Crippen LogP contribution >= 0.6 is 0 Å². The molecule has 4 heteroatoms. The van der Waals surface area contributed by atoms with Gasteiger partial charge in [-0.2, -0.15) is 0 Å². The number of nitrogens with zero attached hydrogens (tertiary/aromatic N) is 1. The van der Waals surface area contributed by atoms with Gasteiger partial charge in [-0.05, 0) is 34.5 Å². The van der Waals surface area contributed by atoms with E-state index in [0.29, 0.717) is 6.54 Å². The highest BCUT2D eigenvalue weighted by atomic mass is 16.5. The summed E-state index contributed by atoms with van der Waals surface area (Å²) >= 11 is 0. The molecule has 106 valence electrons. The number of ether oxygens (including phenoxy) is 1. The normalized spacial score (nSPS) is 23.4. The van der Waals surface area contributed by atoms with Gasteiger partial charge in [0.05, 0.1) is 13.2 Å². The van der Waals surface area contributed by atoms with Gasteiger partial charge in [0, 0.05) is 25.7 Å². The molecular formula is C16H20N2O2. The Hall–Kier alpha value is -1.62. The predicted molar refractivity (Wildman–Crippen MR) is 79.8 cm³/mol. The molecule has 0 aliphatic carbocycles. The minimum Gasteiger partial charge on any atom is -0.497 e. The molecule has 3 N–H and O–H groups in total. The second kappa shape index (κ2) is 5.40. The number of β-amino-alcohol motifs (C(OH)–C–C–N with tert-alkyl or cyclic N) is 1. The summed E-state index contributed by atoms with van der Waals surface area (Å²) in [5, 5.41) is 12.1. The SMILES string of the molecule is COc1ccc2cc(CN3CC(N)C(O)C3)ccc2c1. The van der Waals surface area contributed by atoms with Crippen LogP contribution in [-0.2, 0) is 6.54 Å². The summed E-state index contributed by atoms with van der Waals surface area (Å²) in [6.45, 7) is 2.23. The van der Waals surface area contributed by atoms with Crippen molar-refractivity contribution in [2.75, 3.05) is 20.2 Å². The first kappa shape index (κ1) is 13.4. The van der Waals surface area contributed by atoms with Crippen molar-refractivity contribution in [3.8, 4) is 5.75 Å².